The summed E-state index contributed by atoms with van der Waals surface area (Å²) >= 11 is 0. The number of allylic oxidation sites excluding steroid dienone is 3. The predicted octanol–water partition coefficient (Wildman–Crippen LogP) is -0.895. The van der Waals surface area contributed by atoms with Crippen molar-refractivity contribution in [2.75, 3.05) is 26.4 Å². The van der Waals surface area contributed by atoms with Crippen molar-refractivity contribution >= 4 is 11.9 Å². The Morgan fingerprint density at radius 2 is 1.25 bits per heavy atom. The Balaban J connectivity index is 1.01. The lowest BCUT2D eigenvalue weighted by atomic mass is 9.33. The molecule has 9 rings (SSSR count). The molecule has 85 heavy (non-hydrogen) atoms. The molecule has 25 heteroatoms. The maximum atomic E-state index is 13.4. The van der Waals surface area contributed by atoms with E-state index in [0.29, 0.717) is 31.3 Å². The Kier molecular flexibility index (Phi) is 19.4. The second-order valence-corrected chi connectivity index (χ2v) is 28.0. The first-order valence-corrected chi connectivity index (χ1v) is 30.3. The molecule has 0 radical (unpaired) electrons. The van der Waals surface area contributed by atoms with Crippen molar-refractivity contribution < 1.29 is 123 Å². The van der Waals surface area contributed by atoms with Crippen LogP contribution < -0.4 is 0 Å². The fourth-order valence-electron chi connectivity index (χ4n) is 17.2. The van der Waals surface area contributed by atoms with Gasteiger partial charge in [-0.25, -0.2) is 4.79 Å². The molecule has 0 aromatic heterocycles. The first-order chi connectivity index (χ1) is 39.7. The van der Waals surface area contributed by atoms with Crippen molar-refractivity contribution in [2.24, 2.45) is 50.2 Å². The fraction of sp³-hybridized carbons (Fsp3) is 0.900. The molecule has 9 aliphatic rings. The molecule has 0 amide bonds. The van der Waals surface area contributed by atoms with Crippen LogP contribution in [0.3, 0.4) is 0 Å². The third kappa shape index (κ3) is 11.2. The summed E-state index contributed by atoms with van der Waals surface area (Å²) in [5.41, 5.74) is -2.73. The van der Waals surface area contributed by atoms with Crippen LogP contribution in [0.2, 0.25) is 0 Å². The number of hydrogen-bond acceptors (Lipinski definition) is 25. The summed E-state index contributed by atoms with van der Waals surface area (Å²) in [7, 11) is 0. The molecule has 4 heterocycles. The third-order valence-corrected chi connectivity index (χ3v) is 22.6. The van der Waals surface area contributed by atoms with Crippen molar-refractivity contribution in [1.29, 1.82) is 0 Å². The molecular formula is C60H96O25. The van der Waals surface area contributed by atoms with Crippen molar-refractivity contribution in [1.82, 2.24) is 0 Å². The number of ether oxygens (including phenoxy) is 10. The van der Waals surface area contributed by atoms with Crippen LogP contribution in [0.4, 0.5) is 0 Å². The summed E-state index contributed by atoms with van der Waals surface area (Å²) in [6.07, 6.45) is -28.4. The van der Waals surface area contributed by atoms with Gasteiger partial charge in [-0.15, -0.1) is 0 Å². The van der Waals surface area contributed by atoms with Gasteiger partial charge in [0.1, 0.15) is 104 Å². The Hall–Kier alpha value is -2.42. The highest BCUT2D eigenvalue weighted by molar-refractivity contribution is 5.87. The molecule has 8 fully saturated rings. The van der Waals surface area contributed by atoms with Crippen molar-refractivity contribution in [3.8, 4) is 0 Å². The van der Waals surface area contributed by atoms with Gasteiger partial charge in [0.25, 0.3) is 0 Å². The Morgan fingerprint density at radius 1 is 0.659 bits per heavy atom. The molecule has 0 unspecified atom stereocenters. The molecule has 0 aromatic carbocycles. The molecule has 486 valence electrons. The highest BCUT2D eigenvalue weighted by Gasteiger charge is 2.73. The summed E-state index contributed by atoms with van der Waals surface area (Å²) < 4.78 is 61.2. The summed E-state index contributed by atoms with van der Waals surface area (Å²) in [6.45, 7) is 18.7. The SMILES string of the molecule is C/C=C(/C)C(=O)O[C@H]1[C@H](O)[C@]2(COC(C)=O)[C@H](O)C[C@]3(C)C(=CC[C@@H]4[C@@]5(C)CC[C@H](O[C@@H]6OC[C@H](O[C@@H]7O[C@H](CO)[C@@H](O)[C@H](O)[C@H]7O)[C@H](O)[C@H]6O[C@@H]6O[C@H](CO)[C@@H](O)[C@H](O)[C@H]6O[C@@H]6O[C@@H](C)[C@H](O)[C@H](O)[C@H]6O)C(C)(C)[C@@H]5CC[C@]43C)[C@@H]2CC1(C)C. The second kappa shape index (κ2) is 24.7. The second-order valence-electron chi connectivity index (χ2n) is 28.0. The Labute approximate surface area is 496 Å². The van der Waals surface area contributed by atoms with E-state index < -0.39 is 206 Å². The first-order valence-electron chi connectivity index (χ1n) is 30.3. The van der Waals surface area contributed by atoms with Gasteiger partial charge in [-0.3, -0.25) is 4.79 Å². The normalized spacial score (nSPS) is 51.4. The molecule has 5 aliphatic carbocycles. The largest absolute Gasteiger partial charge is 0.465 e. The highest BCUT2D eigenvalue weighted by atomic mass is 16.8. The maximum absolute atomic E-state index is 13.4. The number of aliphatic hydroxyl groups is 13. The van der Waals surface area contributed by atoms with Gasteiger partial charge in [0.05, 0.1) is 43.5 Å². The highest BCUT2D eigenvalue weighted by Crippen LogP contribution is 2.76. The Morgan fingerprint density at radius 3 is 1.87 bits per heavy atom. The lowest BCUT2D eigenvalue weighted by Gasteiger charge is -2.72. The van der Waals surface area contributed by atoms with E-state index in [1.54, 1.807) is 19.9 Å². The molecule has 4 aliphatic heterocycles. The van der Waals surface area contributed by atoms with Crippen LogP contribution in [0.15, 0.2) is 23.3 Å². The van der Waals surface area contributed by atoms with Crippen molar-refractivity contribution in [3.05, 3.63) is 23.3 Å². The number of aliphatic hydroxyl groups excluding tert-OH is 13. The molecule has 13 N–H and O–H groups in total. The predicted molar refractivity (Wildman–Crippen MR) is 292 cm³/mol. The van der Waals surface area contributed by atoms with E-state index in [-0.39, 0.29) is 30.3 Å². The molecule has 0 aromatic rings. The molecule has 0 bridgehead atoms. The Bertz CT molecular complexity index is 2440. The van der Waals surface area contributed by atoms with Crippen molar-refractivity contribution in [3.63, 3.8) is 0 Å². The number of carbonyl (C=O) groups is 2. The first kappa shape index (κ1) is 67.0. The van der Waals surface area contributed by atoms with Gasteiger partial charge >= 0.3 is 11.9 Å². The van der Waals surface area contributed by atoms with E-state index in [0.717, 1.165) is 18.4 Å². The van der Waals surface area contributed by atoms with Crippen LogP contribution in [0.25, 0.3) is 0 Å². The molecule has 0 spiro atoms. The summed E-state index contributed by atoms with van der Waals surface area (Å²) in [4.78, 5) is 25.9. The average Bonchev–Trinajstić information content (AvgIpc) is 0.703. The lowest BCUT2D eigenvalue weighted by Crippen LogP contribution is -2.72. The van der Waals surface area contributed by atoms with E-state index in [1.165, 1.54) is 13.8 Å². The van der Waals surface area contributed by atoms with Gasteiger partial charge < -0.3 is 114 Å². The van der Waals surface area contributed by atoms with Crippen LogP contribution in [0, 0.1) is 50.2 Å². The number of hydrogen-bond donors (Lipinski definition) is 13. The maximum Gasteiger partial charge on any atom is 0.333 e. The van der Waals surface area contributed by atoms with Crippen molar-refractivity contribution in [2.45, 2.75) is 262 Å². The summed E-state index contributed by atoms with van der Waals surface area (Å²) in [6, 6.07) is 0. The zero-order valence-corrected chi connectivity index (χ0v) is 50.7. The standard InChI is InChI=1S/C60H96O25/c1-12-25(2)50(75)85-49-48(74)60(24-77-27(4)63)29(19-55(49,5)6)28-13-14-34-57(9)17-16-36(56(7,8)33(57)15-18-58(34,10)59(28,11)20-35(60)64)82-53-46(40(68)32(23-76-53)81-52-45(73)42(70)38(66)30(21-61)79-52)84-54-47(43(71)39(67)31(22-62)80-54)83-51-44(72)41(69)37(65)26(3)78-51/h12-13,26,29-49,51-54,61-62,64-74H,14-24H2,1-11H3/b25-12-/t26-,29-,30+,31+,32-,33-,34+,35+,36-,37-,38+,39+,40-,41-,42-,43-,44+,45+,46+,47+,48-,49-,51-,52-,53-,54-,57-,58+,59+,60-/m0/s1. The number of carbonyl (C=O) groups excluding carboxylic acids is 2. The van der Waals surface area contributed by atoms with Crippen LogP contribution in [0.1, 0.15) is 121 Å². The van der Waals surface area contributed by atoms with Crippen LogP contribution >= 0.6 is 0 Å². The molecule has 4 saturated heterocycles. The smallest absolute Gasteiger partial charge is 0.333 e. The molecule has 25 nitrogen and oxygen atoms in total. The van der Waals surface area contributed by atoms with Crippen LogP contribution in [-0.4, -0.2) is 246 Å². The minimum absolute atomic E-state index is 0.00630. The third-order valence-electron chi connectivity index (χ3n) is 22.6. The van der Waals surface area contributed by atoms with Gasteiger partial charge in [-0.05, 0) is 105 Å². The van der Waals surface area contributed by atoms with Gasteiger partial charge in [-0.1, -0.05) is 66.2 Å². The number of rotatable bonds is 14. The van der Waals surface area contributed by atoms with Crippen LogP contribution in [0.5, 0.6) is 0 Å². The molecular weight excluding hydrogens is 1120 g/mol. The van der Waals surface area contributed by atoms with E-state index in [9.17, 15) is 76.0 Å². The number of fused-ring (bicyclic) bond motifs is 7. The quantitative estimate of drug-likeness (QED) is 0.0434. The van der Waals surface area contributed by atoms with E-state index >= 15 is 0 Å². The van der Waals surface area contributed by atoms with Gasteiger partial charge in [0.15, 0.2) is 25.2 Å². The van der Waals surface area contributed by atoms with Crippen LogP contribution in [-0.2, 0) is 57.0 Å². The average molecular weight is 1220 g/mol. The summed E-state index contributed by atoms with van der Waals surface area (Å²) in [5, 5.41) is 145. The number of esters is 2. The van der Waals surface area contributed by atoms with E-state index in [2.05, 4.69) is 40.7 Å². The fourth-order valence-corrected chi connectivity index (χ4v) is 17.2. The van der Waals surface area contributed by atoms with Gasteiger partial charge in [0, 0.05) is 17.9 Å². The van der Waals surface area contributed by atoms with Gasteiger partial charge in [-0.2, -0.15) is 0 Å². The van der Waals surface area contributed by atoms with Gasteiger partial charge in [0.2, 0.25) is 0 Å². The summed E-state index contributed by atoms with van der Waals surface area (Å²) in [5.74, 6) is -1.56. The van der Waals surface area contributed by atoms with E-state index in [1.807, 2.05) is 13.8 Å². The zero-order valence-electron chi connectivity index (χ0n) is 50.7. The minimum atomic E-state index is -1.94. The molecule has 4 saturated carbocycles. The lowest BCUT2D eigenvalue weighted by molar-refractivity contribution is -0.398. The zero-order chi connectivity index (χ0) is 62.6. The molecule has 30 atom stereocenters. The topological polar surface area (TPSA) is 389 Å². The monoisotopic (exact) mass is 1220 g/mol. The van der Waals surface area contributed by atoms with E-state index in [4.69, 9.17) is 47.4 Å². The minimum Gasteiger partial charge on any atom is -0.465 e.